The fourth-order valence-corrected chi connectivity index (χ4v) is 3.06. The monoisotopic (exact) mass is 393 g/mol. The maximum Gasteiger partial charge on any atom is 0.321 e. The number of anilines is 4. The van der Waals surface area contributed by atoms with E-state index in [1.165, 1.54) is 18.5 Å². The Bertz CT molecular complexity index is 977. The van der Waals surface area contributed by atoms with Gasteiger partial charge in [-0.15, -0.1) is 0 Å². The van der Waals surface area contributed by atoms with Crippen LogP contribution in [0.3, 0.4) is 0 Å². The van der Waals surface area contributed by atoms with E-state index in [4.69, 9.17) is 0 Å². The topological polar surface area (TPSA) is 86.3 Å². The molecule has 3 aromatic rings. The minimum atomic E-state index is -0.383. The first-order valence-electron chi connectivity index (χ1n) is 9.24. The zero-order valence-electron chi connectivity index (χ0n) is 15.6. The van der Waals surface area contributed by atoms with Crippen molar-refractivity contribution in [3.05, 3.63) is 66.9 Å². The number of halogens is 1. The van der Waals surface area contributed by atoms with Crippen molar-refractivity contribution in [3.8, 4) is 0 Å². The fourth-order valence-electron chi connectivity index (χ4n) is 3.06. The van der Waals surface area contributed by atoms with Crippen LogP contribution in [0.4, 0.5) is 32.3 Å². The molecule has 0 aliphatic carbocycles. The third-order valence-corrected chi connectivity index (χ3v) is 4.54. The van der Waals surface area contributed by atoms with Gasteiger partial charge < -0.3 is 20.4 Å². The van der Waals surface area contributed by atoms with Crippen LogP contribution in [0.2, 0.25) is 0 Å². The van der Waals surface area contributed by atoms with Crippen LogP contribution >= 0.6 is 0 Å². The number of carbonyl (C=O) groups excluding carboxylic acids is 1. The van der Waals surface area contributed by atoms with E-state index in [2.05, 4.69) is 30.5 Å². The highest BCUT2D eigenvalue weighted by molar-refractivity contribution is 5.89. The first-order chi connectivity index (χ1) is 14.2. The van der Waals surface area contributed by atoms with E-state index in [1.54, 1.807) is 23.2 Å². The second-order valence-corrected chi connectivity index (χ2v) is 6.52. The van der Waals surface area contributed by atoms with Crippen molar-refractivity contribution < 1.29 is 9.18 Å². The van der Waals surface area contributed by atoms with E-state index in [0.717, 1.165) is 5.82 Å². The SMILES string of the molecule is O=C(Nc1cccc(F)c1)N1CCN(c2cc(Nc3ccccn3)ncn2)CC1. The second-order valence-electron chi connectivity index (χ2n) is 6.52. The molecule has 2 N–H and O–H groups in total. The van der Waals surface area contributed by atoms with Crippen LogP contribution in [-0.4, -0.2) is 52.1 Å². The third-order valence-electron chi connectivity index (χ3n) is 4.54. The average Bonchev–Trinajstić information content (AvgIpc) is 2.75. The highest BCUT2D eigenvalue weighted by Gasteiger charge is 2.22. The van der Waals surface area contributed by atoms with Gasteiger partial charge in [0.05, 0.1) is 0 Å². The molecule has 0 atom stereocenters. The molecule has 1 aliphatic heterocycles. The zero-order valence-corrected chi connectivity index (χ0v) is 15.6. The van der Waals surface area contributed by atoms with E-state index in [0.29, 0.717) is 43.5 Å². The molecule has 1 fully saturated rings. The Kier molecular flexibility index (Phi) is 5.46. The molecule has 9 heteroatoms. The van der Waals surface area contributed by atoms with E-state index < -0.39 is 0 Å². The summed E-state index contributed by atoms with van der Waals surface area (Å²) in [5.74, 6) is 1.76. The van der Waals surface area contributed by atoms with Gasteiger partial charge >= 0.3 is 6.03 Å². The molecular formula is C20H20FN7O. The summed E-state index contributed by atoms with van der Waals surface area (Å²) in [6, 6.07) is 13.1. The van der Waals surface area contributed by atoms with Crippen molar-refractivity contribution in [2.75, 3.05) is 41.7 Å². The van der Waals surface area contributed by atoms with Crippen LogP contribution in [0.5, 0.6) is 0 Å². The highest BCUT2D eigenvalue weighted by atomic mass is 19.1. The fraction of sp³-hybridized carbons (Fsp3) is 0.200. The number of rotatable bonds is 4. The Hall–Kier alpha value is -3.75. The van der Waals surface area contributed by atoms with Gasteiger partial charge in [0.25, 0.3) is 0 Å². The molecule has 3 heterocycles. The summed E-state index contributed by atoms with van der Waals surface area (Å²) in [6.45, 7) is 2.34. The van der Waals surface area contributed by atoms with Crippen molar-refractivity contribution >= 4 is 29.2 Å². The maximum atomic E-state index is 13.3. The smallest absolute Gasteiger partial charge is 0.321 e. The number of piperazine rings is 1. The summed E-state index contributed by atoms with van der Waals surface area (Å²) in [6.07, 6.45) is 3.21. The predicted molar refractivity (Wildman–Crippen MR) is 109 cm³/mol. The summed E-state index contributed by atoms with van der Waals surface area (Å²) in [4.78, 5) is 29.0. The number of aromatic nitrogens is 3. The first kappa shape index (κ1) is 18.6. The van der Waals surface area contributed by atoms with E-state index in [-0.39, 0.29) is 11.8 Å². The number of nitrogens with one attached hydrogen (secondary N) is 2. The quantitative estimate of drug-likeness (QED) is 0.708. The van der Waals surface area contributed by atoms with Gasteiger partial charge in [0.2, 0.25) is 0 Å². The number of urea groups is 1. The predicted octanol–water partition coefficient (Wildman–Crippen LogP) is 3.11. The molecule has 1 aromatic carbocycles. The molecule has 8 nitrogen and oxygen atoms in total. The molecule has 0 radical (unpaired) electrons. The van der Waals surface area contributed by atoms with Gasteiger partial charge in [-0.2, -0.15) is 0 Å². The maximum absolute atomic E-state index is 13.3. The molecule has 2 aromatic heterocycles. The van der Waals surface area contributed by atoms with Gasteiger partial charge in [-0.1, -0.05) is 12.1 Å². The first-order valence-corrected chi connectivity index (χ1v) is 9.24. The summed E-state index contributed by atoms with van der Waals surface area (Å²) in [5, 5.41) is 5.88. The lowest BCUT2D eigenvalue weighted by Gasteiger charge is -2.35. The van der Waals surface area contributed by atoms with Crippen molar-refractivity contribution in [2.24, 2.45) is 0 Å². The summed E-state index contributed by atoms with van der Waals surface area (Å²) < 4.78 is 13.3. The third kappa shape index (κ3) is 4.75. The normalized spacial score (nSPS) is 13.8. The standard InChI is InChI=1S/C20H20FN7O/c21-15-4-3-5-16(12-15)25-20(29)28-10-8-27(9-11-28)19-13-18(23-14-24-19)26-17-6-1-2-7-22-17/h1-7,12-14H,8-11H2,(H,25,29)(H,22,23,24,26). The van der Waals surface area contributed by atoms with Crippen molar-refractivity contribution in [1.82, 2.24) is 19.9 Å². The Morgan fingerprint density at radius 2 is 1.79 bits per heavy atom. The van der Waals surface area contributed by atoms with Crippen LogP contribution < -0.4 is 15.5 Å². The Balaban J connectivity index is 1.34. The van der Waals surface area contributed by atoms with Gasteiger partial charge in [0.1, 0.15) is 29.6 Å². The van der Waals surface area contributed by atoms with Gasteiger partial charge in [-0.25, -0.2) is 24.1 Å². The molecule has 29 heavy (non-hydrogen) atoms. The summed E-state index contributed by atoms with van der Waals surface area (Å²) in [7, 11) is 0. The van der Waals surface area contributed by atoms with Crippen molar-refractivity contribution in [3.63, 3.8) is 0 Å². The molecule has 148 valence electrons. The van der Waals surface area contributed by atoms with Crippen LogP contribution in [0.25, 0.3) is 0 Å². The second kappa shape index (κ2) is 8.51. The van der Waals surface area contributed by atoms with Crippen LogP contribution in [0.1, 0.15) is 0 Å². The molecule has 2 amide bonds. The largest absolute Gasteiger partial charge is 0.353 e. The number of pyridine rings is 1. The van der Waals surface area contributed by atoms with Gasteiger partial charge in [-0.3, -0.25) is 0 Å². The molecule has 0 saturated carbocycles. The Morgan fingerprint density at radius 1 is 0.931 bits per heavy atom. The molecule has 0 spiro atoms. The molecule has 4 rings (SSSR count). The van der Waals surface area contributed by atoms with Crippen LogP contribution in [-0.2, 0) is 0 Å². The van der Waals surface area contributed by atoms with Crippen LogP contribution in [0.15, 0.2) is 61.1 Å². The highest BCUT2D eigenvalue weighted by Crippen LogP contribution is 2.19. The van der Waals surface area contributed by atoms with Crippen LogP contribution in [0, 0.1) is 5.82 Å². The Morgan fingerprint density at radius 3 is 2.55 bits per heavy atom. The Labute approximate surface area is 167 Å². The number of nitrogens with zero attached hydrogens (tertiary/aromatic N) is 5. The lowest BCUT2D eigenvalue weighted by atomic mass is 10.3. The lowest BCUT2D eigenvalue weighted by Crippen LogP contribution is -2.50. The summed E-state index contributed by atoms with van der Waals surface area (Å²) >= 11 is 0. The number of hydrogen-bond acceptors (Lipinski definition) is 6. The number of benzene rings is 1. The van der Waals surface area contributed by atoms with Gasteiger partial charge in [0.15, 0.2) is 0 Å². The molecule has 1 saturated heterocycles. The zero-order chi connectivity index (χ0) is 20.1. The molecule has 0 bridgehead atoms. The molecular weight excluding hydrogens is 373 g/mol. The number of hydrogen-bond donors (Lipinski definition) is 2. The van der Waals surface area contributed by atoms with E-state index in [1.807, 2.05) is 24.3 Å². The van der Waals surface area contributed by atoms with Crippen molar-refractivity contribution in [2.45, 2.75) is 0 Å². The van der Waals surface area contributed by atoms with Gasteiger partial charge in [-0.05, 0) is 30.3 Å². The van der Waals surface area contributed by atoms with Gasteiger partial charge in [0, 0.05) is 44.1 Å². The van der Waals surface area contributed by atoms with E-state index >= 15 is 0 Å². The number of amides is 2. The van der Waals surface area contributed by atoms with E-state index in [9.17, 15) is 9.18 Å². The molecule has 0 unspecified atom stereocenters. The summed E-state index contributed by atoms with van der Waals surface area (Å²) in [5.41, 5.74) is 0.443. The minimum absolute atomic E-state index is 0.240. The van der Waals surface area contributed by atoms with Crippen molar-refractivity contribution in [1.29, 1.82) is 0 Å². The lowest BCUT2D eigenvalue weighted by molar-refractivity contribution is 0.208. The minimum Gasteiger partial charge on any atom is -0.353 e. The average molecular weight is 393 g/mol. The number of carbonyl (C=O) groups is 1. The molecule has 1 aliphatic rings.